The number of thiocarbonyl (C=S) groups is 1. The first kappa shape index (κ1) is 22.6. The van der Waals surface area contributed by atoms with Crippen molar-refractivity contribution in [1.82, 2.24) is 16.2 Å². The summed E-state index contributed by atoms with van der Waals surface area (Å²) in [4.78, 5) is 35.5. The van der Waals surface area contributed by atoms with Crippen LogP contribution in [0, 0.1) is 5.92 Å². The van der Waals surface area contributed by atoms with Crippen LogP contribution in [-0.4, -0.2) is 22.8 Å². The predicted octanol–water partition coefficient (Wildman–Crippen LogP) is 2.89. The van der Waals surface area contributed by atoms with Gasteiger partial charge in [0, 0.05) is 24.1 Å². The minimum Gasteiger partial charge on any atom is -0.326 e. The summed E-state index contributed by atoms with van der Waals surface area (Å²) in [5.74, 6) is -0.379. The van der Waals surface area contributed by atoms with Crippen LogP contribution >= 0.6 is 12.2 Å². The zero-order valence-electron chi connectivity index (χ0n) is 16.1. The molecule has 4 N–H and O–H groups in total. The summed E-state index contributed by atoms with van der Waals surface area (Å²) in [6, 6.07) is 6.49. The Morgan fingerprint density at radius 1 is 1.00 bits per heavy atom. The third-order valence-electron chi connectivity index (χ3n) is 3.57. The lowest BCUT2D eigenvalue weighted by molar-refractivity contribution is -0.120. The SMILES string of the molecule is CCCCCC(=O)NC(=S)NNC(=O)c1ccc(NC(=O)CC(C)C)cc1. The van der Waals surface area contributed by atoms with Gasteiger partial charge in [0.05, 0.1) is 0 Å². The highest BCUT2D eigenvalue weighted by atomic mass is 32.1. The molecule has 7 nitrogen and oxygen atoms in total. The Balaban J connectivity index is 2.41. The molecule has 1 aromatic carbocycles. The number of nitrogens with one attached hydrogen (secondary N) is 4. The number of carbonyl (C=O) groups excluding carboxylic acids is 3. The van der Waals surface area contributed by atoms with E-state index in [9.17, 15) is 14.4 Å². The average molecular weight is 393 g/mol. The minimum absolute atomic E-state index is 0.0439. The summed E-state index contributed by atoms with van der Waals surface area (Å²) in [5, 5.41) is 5.33. The third-order valence-corrected chi connectivity index (χ3v) is 3.78. The van der Waals surface area contributed by atoms with Crippen molar-refractivity contribution >= 4 is 40.7 Å². The second-order valence-electron chi connectivity index (χ2n) is 6.64. The van der Waals surface area contributed by atoms with Crippen molar-refractivity contribution in [2.75, 3.05) is 5.32 Å². The molecule has 0 aliphatic rings. The van der Waals surface area contributed by atoms with Gasteiger partial charge in [0.15, 0.2) is 5.11 Å². The normalized spacial score (nSPS) is 10.2. The van der Waals surface area contributed by atoms with Crippen molar-refractivity contribution in [3.05, 3.63) is 29.8 Å². The Hall–Kier alpha value is -2.48. The van der Waals surface area contributed by atoms with Gasteiger partial charge in [-0.05, 0) is 48.8 Å². The van der Waals surface area contributed by atoms with Crippen LogP contribution in [-0.2, 0) is 9.59 Å². The van der Waals surface area contributed by atoms with Crippen LogP contribution in [0.1, 0.15) is 63.2 Å². The van der Waals surface area contributed by atoms with Gasteiger partial charge in [-0.3, -0.25) is 25.2 Å². The molecule has 0 saturated carbocycles. The van der Waals surface area contributed by atoms with Crippen LogP contribution in [0.15, 0.2) is 24.3 Å². The third kappa shape index (κ3) is 9.69. The summed E-state index contributed by atoms with van der Waals surface area (Å²) < 4.78 is 0. The van der Waals surface area contributed by atoms with E-state index in [0.29, 0.717) is 24.1 Å². The second-order valence-corrected chi connectivity index (χ2v) is 7.05. The van der Waals surface area contributed by atoms with E-state index in [2.05, 4.69) is 28.4 Å². The molecule has 0 atom stereocenters. The maximum atomic E-state index is 12.1. The Morgan fingerprint density at radius 3 is 2.26 bits per heavy atom. The highest BCUT2D eigenvalue weighted by Crippen LogP contribution is 2.11. The lowest BCUT2D eigenvalue weighted by Gasteiger charge is -2.11. The van der Waals surface area contributed by atoms with E-state index in [1.54, 1.807) is 24.3 Å². The zero-order valence-corrected chi connectivity index (χ0v) is 16.9. The lowest BCUT2D eigenvalue weighted by atomic mass is 10.1. The van der Waals surface area contributed by atoms with Gasteiger partial charge < -0.3 is 10.6 Å². The number of anilines is 1. The molecule has 148 valence electrons. The topological polar surface area (TPSA) is 99.3 Å². The summed E-state index contributed by atoms with van der Waals surface area (Å²) in [6.45, 7) is 6.00. The maximum Gasteiger partial charge on any atom is 0.269 e. The molecule has 8 heteroatoms. The van der Waals surface area contributed by atoms with E-state index < -0.39 is 5.91 Å². The fourth-order valence-corrected chi connectivity index (χ4v) is 2.39. The van der Waals surface area contributed by atoms with Crippen LogP contribution in [0.3, 0.4) is 0 Å². The van der Waals surface area contributed by atoms with Crippen LogP contribution < -0.4 is 21.5 Å². The Labute approximate surface area is 165 Å². The largest absolute Gasteiger partial charge is 0.326 e. The molecular formula is C19H28N4O3S. The number of hydrogen-bond donors (Lipinski definition) is 4. The predicted molar refractivity (Wildman–Crippen MR) is 110 cm³/mol. The molecule has 0 aliphatic heterocycles. The molecule has 0 aromatic heterocycles. The molecule has 0 aliphatic carbocycles. The number of benzene rings is 1. The molecule has 0 radical (unpaired) electrons. The summed E-state index contributed by atoms with van der Waals surface area (Å²) in [5.41, 5.74) is 5.94. The van der Waals surface area contributed by atoms with E-state index in [1.807, 2.05) is 13.8 Å². The van der Waals surface area contributed by atoms with Crippen LogP contribution in [0.2, 0.25) is 0 Å². The van der Waals surface area contributed by atoms with E-state index in [0.717, 1.165) is 19.3 Å². The lowest BCUT2D eigenvalue weighted by Crippen LogP contribution is -2.48. The van der Waals surface area contributed by atoms with Gasteiger partial charge in [0.1, 0.15) is 0 Å². The molecule has 0 unspecified atom stereocenters. The maximum absolute atomic E-state index is 12.1. The average Bonchev–Trinajstić information content (AvgIpc) is 2.59. The highest BCUT2D eigenvalue weighted by Gasteiger charge is 2.09. The molecule has 0 bridgehead atoms. The summed E-state index contributed by atoms with van der Waals surface area (Å²) in [7, 11) is 0. The van der Waals surface area contributed by atoms with Crippen molar-refractivity contribution in [3.63, 3.8) is 0 Å². The summed E-state index contributed by atoms with van der Waals surface area (Å²) >= 11 is 4.97. The van der Waals surface area contributed by atoms with Crippen LogP contribution in [0.4, 0.5) is 5.69 Å². The van der Waals surface area contributed by atoms with Crippen molar-refractivity contribution < 1.29 is 14.4 Å². The van der Waals surface area contributed by atoms with Gasteiger partial charge in [-0.15, -0.1) is 0 Å². The van der Waals surface area contributed by atoms with E-state index in [4.69, 9.17) is 12.2 Å². The monoisotopic (exact) mass is 392 g/mol. The Kier molecular flexibility index (Phi) is 10.0. The second kappa shape index (κ2) is 12.0. The molecule has 1 aromatic rings. The van der Waals surface area contributed by atoms with Crippen molar-refractivity contribution in [1.29, 1.82) is 0 Å². The van der Waals surface area contributed by atoms with Crippen LogP contribution in [0.5, 0.6) is 0 Å². The number of hydrogen-bond acceptors (Lipinski definition) is 4. The van der Waals surface area contributed by atoms with Gasteiger partial charge in [0.2, 0.25) is 11.8 Å². The molecular weight excluding hydrogens is 364 g/mol. The summed E-state index contributed by atoms with van der Waals surface area (Å²) in [6.07, 6.45) is 3.66. The Bertz CT molecular complexity index is 659. The van der Waals surface area contributed by atoms with Gasteiger partial charge in [0.25, 0.3) is 5.91 Å². The quantitative estimate of drug-likeness (QED) is 0.310. The first-order valence-electron chi connectivity index (χ1n) is 9.12. The van der Waals surface area contributed by atoms with Gasteiger partial charge >= 0.3 is 0 Å². The fourth-order valence-electron chi connectivity index (χ4n) is 2.23. The first-order chi connectivity index (χ1) is 12.8. The minimum atomic E-state index is -0.405. The van der Waals surface area contributed by atoms with Gasteiger partial charge in [-0.1, -0.05) is 33.6 Å². The number of carbonyl (C=O) groups is 3. The number of amides is 3. The molecule has 1 rings (SSSR count). The van der Waals surface area contributed by atoms with Gasteiger partial charge in [-0.2, -0.15) is 0 Å². The molecule has 27 heavy (non-hydrogen) atoms. The fraction of sp³-hybridized carbons (Fsp3) is 0.474. The van der Waals surface area contributed by atoms with Crippen molar-refractivity contribution in [3.8, 4) is 0 Å². The standard InChI is InChI=1S/C19H28N4O3S/c1-4-5-6-7-16(24)21-19(27)23-22-18(26)14-8-10-15(11-9-14)20-17(25)12-13(2)3/h8-11,13H,4-7,12H2,1-3H3,(H,20,25)(H,22,26)(H2,21,23,24,27). The number of hydrazine groups is 1. The molecule has 0 heterocycles. The Morgan fingerprint density at radius 2 is 1.67 bits per heavy atom. The first-order valence-corrected chi connectivity index (χ1v) is 9.52. The van der Waals surface area contributed by atoms with Crippen LogP contribution in [0.25, 0.3) is 0 Å². The smallest absolute Gasteiger partial charge is 0.269 e. The zero-order chi connectivity index (χ0) is 20.2. The molecule has 3 amide bonds. The van der Waals surface area contributed by atoms with E-state index in [1.165, 1.54) is 0 Å². The molecule has 0 fully saturated rings. The van der Waals surface area contributed by atoms with E-state index >= 15 is 0 Å². The van der Waals surface area contributed by atoms with Gasteiger partial charge in [-0.25, -0.2) is 0 Å². The number of unbranched alkanes of at least 4 members (excludes halogenated alkanes) is 2. The van der Waals surface area contributed by atoms with E-state index in [-0.39, 0.29) is 22.8 Å². The molecule has 0 saturated heterocycles. The van der Waals surface area contributed by atoms with Crippen molar-refractivity contribution in [2.24, 2.45) is 5.92 Å². The van der Waals surface area contributed by atoms with Crippen molar-refractivity contribution in [2.45, 2.75) is 52.9 Å². The molecule has 0 spiro atoms. The highest BCUT2D eigenvalue weighted by molar-refractivity contribution is 7.80. The number of rotatable bonds is 8.